The van der Waals surface area contributed by atoms with Crippen LogP contribution in [-0.2, 0) is 14.8 Å². The van der Waals surface area contributed by atoms with Crippen LogP contribution in [0.4, 0.5) is 11.4 Å². The Bertz CT molecular complexity index is 631. The molecule has 2 N–H and O–H groups in total. The van der Waals surface area contributed by atoms with E-state index in [2.05, 4.69) is 4.72 Å². The van der Waals surface area contributed by atoms with Crippen molar-refractivity contribution in [1.82, 2.24) is 0 Å². The molecule has 0 aliphatic carbocycles. The largest absolute Gasteiger partial charge is 0.481 e. The van der Waals surface area contributed by atoms with Crippen molar-refractivity contribution < 1.29 is 23.2 Å². The van der Waals surface area contributed by atoms with E-state index in [1.165, 1.54) is 6.07 Å². The van der Waals surface area contributed by atoms with Crippen LogP contribution in [0.15, 0.2) is 18.2 Å². The van der Waals surface area contributed by atoms with Crippen LogP contribution in [0, 0.1) is 10.1 Å². The van der Waals surface area contributed by atoms with E-state index < -0.39 is 20.9 Å². The number of halogens is 1. The minimum absolute atomic E-state index is 0.00703. The monoisotopic (exact) mass is 322 g/mol. The number of nitrogens with one attached hydrogen (secondary N) is 1. The first-order valence-electron chi connectivity index (χ1n) is 5.37. The second-order valence-corrected chi connectivity index (χ2v) is 6.09. The fourth-order valence-electron chi connectivity index (χ4n) is 1.33. The standard InChI is InChI=1S/C10H11ClN2O6S/c11-8-6-7(13(16)17)3-4-9(8)12-20(18,19)5-1-2-10(14)15/h3-4,6,12H,1-2,5H2,(H,14,15). The van der Waals surface area contributed by atoms with Crippen molar-refractivity contribution in [3.05, 3.63) is 33.3 Å². The van der Waals surface area contributed by atoms with E-state index in [-0.39, 0.29) is 35.0 Å². The highest BCUT2D eigenvalue weighted by atomic mass is 35.5. The van der Waals surface area contributed by atoms with Gasteiger partial charge in [0.2, 0.25) is 10.0 Å². The number of carbonyl (C=O) groups is 1. The van der Waals surface area contributed by atoms with Gasteiger partial charge in [0.25, 0.3) is 5.69 Å². The molecule has 0 amide bonds. The van der Waals surface area contributed by atoms with Gasteiger partial charge in [-0.15, -0.1) is 0 Å². The maximum Gasteiger partial charge on any atom is 0.303 e. The third-order valence-electron chi connectivity index (χ3n) is 2.23. The van der Waals surface area contributed by atoms with Crippen LogP contribution < -0.4 is 4.72 Å². The normalized spacial score (nSPS) is 11.1. The molecule has 10 heteroatoms. The number of aliphatic carboxylic acids is 1. The number of anilines is 1. The number of sulfonamides is 1. The molecule has 0 radical (unpaired) electrons. The number of rotatable bonds is 7. The van der Waals surface area contributed by atoms with Crippen molar-refractivity contribution >= 4 is 39.0 Å². The zero-order valence-electron chi connectivity index (χ0n) is 10.1. The van der Waals surface area contributed by atoms with Gasteiger partial charge in [-0.2, -0.15) is 0 Å². The number of benzene rings is 1. The highest BCUT2D eigenvalue weighted by Crippen LogP contribution is 2.27. The van der Waals surface area contributed by atoms with Crippen molar-refractivity contribution in [3.63, 3.8) is 0 Å². The molecule has 0 saturated heterocycles. The van der Waals surface area contributed by atoms with Crippen LogP contribution in [0.25, 0.3) is 0 Å². The third-order valence-corrected chi connectivity index (χ3v) is 3.90. The molecule has 1 aromatic rings. The van der Waals surface area contributed by atoms with Crippen LogP contribution in [0.1, 0.15) is 12.8 Å². The molecule has 1 aromatic carbocycles. The Kier molecular flexibility index (Phi) is 5.28. The van der Waals surface area contributed by atoms with Gasteiger partial charge >= 0.3 is 5.97 Å². The third kappa shape index (κ3) is 5.02. The van der Waals surface area contributed by atoms with Crippen molar-refractivity contribution in [2.24, 2.45) is 0 Å². The Hall–Kier alpha value is -1.87. The molecule has 20 heavy (non-hydrogen) atoms. The minimum atomic E-state index is -3.75. The minimum Gasteiger partial charge on any atom is -0.481 e. The summed E-state index contributed by atoms with van der Waals surface area (Å²) in [5.41, 5.74) is -0.253. The zero-order valence-corrected chi connectivity index (χ0v) is 11.6. The highest BCUT2D eigenvalue weighted by molar-refractivity contribution is 7.92. The first-order chi connectivity index (χ1) is 9.21. The van der Waals surface area contributed by atoms with E-state index in [1.807, 2.05) is 0 Å². The smallest absolute Gasteiger partial charge is 0.303 e. The lowest BCUT2D eigenvalue weighted by atomic mass is 10.3. The van der Waals surface area contributed by atoms with E-state index in [4.69, 9.17) is 16.7 Å². The molecule has 8 nitrogen and oxygen atoms in total. The van der Waals surface area contributed by atoms with Crippen LogP contribution in [-0.4, -0.2) is 30.2 Å². The number of nitro groups is 1. The van der Waals surface area contributed by atoms with Crippen LogP contribution in [0.2, 0.25) is 5.02 Å². The Morgan fingerprint density at radius 3 is 2.60 bits per heavy atom. The Morgan fingerprint density at radius 2 is 2.10 bits per heavy atom. The average Bonchev–Trinajstić information content (AvgIpc) is 2.30. The van der Waals surface area contributed by atoms with Crippen LogP contribution >= 0.6 is 11.6 Å². The lowest BCUT2D eigenvalue weighted by Gasteiger charge is -2.08. The molecule has 0 heterocycles. The SMILES string of the molecule is O=C(O)CCCS(=O)(=O)Nc1ccc([N+](=O)[O-])cc1Cl. The topological polar surface area (TPSA) is 127 Å². The molecule has 0 aliphatic heterocycles. The molecule has 0 bridgehead atoms. The summed E-state index contributed by atoms with van der Waals surface area (Å²) in [5.74, 6) is -1.47. The molecule has 0 spiro atoms. The predicted octanol–water partition coefficient (Wildman–Crippen LogP) is 1.85. The van der Waals surface area contributed by atoms with Gasteiger partial charge in [-0.1, -0.05) is 11.6 Å². The summed E-state index contributed by atoms with van der Waals surface area (Å²) in [6.45, 7) is 0. The first-order valence-corrected chi connectivity index (χ1v) is 7.40. The molecular formula is C10H11ClN2O6S. The van der Waals surface area contributed by atoms with E-state index >= 15 is 0 Å². The summed E-state index contributed by atoms with van der Waals surface area (Å²) in [5, 5.41) is 18.8. The molecule has 0 aromatic heterocycles. The Balaban J connectivity index is 2.77. The predicted molar refractivity (Wildman–Crippen MR) is 72.4 cm³/mol. The summed E-state index contributed by atoms with van der Waals surface area (Å²) >= 11 is 5.74. The quantitative estimate of drug-likeness (QED) is 0.582. The Labute approximate surface area is 119 Å². The molecule has 0 aliphatic rings. The number of non-ortho nitro benzene ring substituents is 1. The Morgan fingerprint density at radius 1 is 1.45 bits per heavy atom. The van der Waals surface area contributed by atoms with E-state index in [0.29, 0.717) is 0 Å². The summed E-state index contributed by atoms with van der Waals surface area (Å²) < 4.78 is 25.5. The van der Waals surface area contributed by atoms with Crippen LogP contribution in [0.3, 0.4) is 0 Å². The van der Waals surface area contributed by atoms with Crippen molar-refractivity contribution in [2.45, 2.75) is 12.8 Å². The van der Waals surface area contributed by atoms with E-state index in [9.17, 15) is 23.3 Å². The lowest BCUT2D eigenvalue weighted by molar-refractivity contribution is -0.384. The lowest BCUT2D eigenvalue weighted by Crippen LogP contribution is -2.17. The zero-order chi connectivity index (χ0) is 15.3. The number of nitro benzene ring substituents is 1. The van der Waals surface area contributed by atoms with Crippen molar-refractivity contribution in [3.8, 4) is 0 Å². The summed E-state index contributed by atoms with van der Waals surface area (Å²) in [6, 6.07) is 3.31. The van der Waals surface area contributed by atoms with Gasteiger partial charge in [-0.3, -0.25) is 19.6 Å². The average molecular weight is 323 g/mol. The maximum atomic E-state index is 11.7. The van der Waals surface area contributed by atoms with Crippen molar-refractivity contribution in [1.29, 1.82) is 0 Å². The number of nitrogens with zero attached hydrogens (tertiary/aromatic N) is 1. The van der Waals surface area contributed by atoms with Crippen LogP contribution in [0.5, 0.6) is 0 Å². The molecule has 0 saturated carbocycles. The van der Waals surface area contributed by atoms with Gasteiger partial charge in [-0.25, -0.2) is 8.42 Å². The molecule has 0 fully saturated rings. The van der Waals surface area contributed by atoms with Gasteiger partial charge in [0.05, 0.1) is 21.4 Å². The van der Waals surface area contributed by atoms with Crippen molar-refractivity contribution in [2.75, 3.05) is 10.5 Å². The molecule has 0 unspecified atom stereocenters. The van der Waals surface area contributed by atoms with E-state index in [1.54, 1.807) is 0 Å². The first kappa shape index (κ1) is 16.2. The number of carboxylic acid groups (broad SMARTS) is 1. The van der Waals surface area contributed by atoms with E-state index in [0.717, 1.165) is 12.1 Å². The fourth-order valence-corrected chi connectivity index (χ4v) is 2.75. The van der Waals surface area contributed by atoms with Gasteiger partial charge < -0.3 is 5.11 Å². The molecule has 110 valence electrons. The fraction of sp³-hybridized carbons (Fsp3) is 0.300. The van der Waals surface area contributed by atoms with Gasteiger partial charge in [0.1, 0.15) is 0 Å². The second-order valence-electron chi connectivity index (χ2n) is 3.84. The second kappa shape index (κ2) is 6.53. The summed E-state index contributed by atoms with van der Waals surface area (Å²) in [6.07, 6.45) is -0.315. The molecule has 0 atom stereocenters. The number of carboxylic acids is 1. The van der Waals surface area contributed by atoms with Gasteiger partial charge in [0.15, 0.2) is 0 Å². The number of hydrogen-bond donors (Lipinski definition) is 2. The molecule has 1 rings (SSSR count). The molecular weight excluding hydrogens is 312 g/mol. The highest BCUT2D eigenvalue weighted by Gasteiger charge is 2.15. The number of hydrogen-bond acceptors (Lipinski definition) is 5. The summed E-state index contributed by atoms with van der Waals surface area (Å²) in [7, 11) is -3.75. The summed E-state index contributed by atoms with van der Waals surface area (Å²) in [4.78, 5) is 20.2. The van der Waals surface area contributed by atoms with Gasteiger partial charge in [-0.05, 0) is 12.5 Å². The maximum absolute atomic E-state index is 11.7. The van der Waals surface area contributed by atoms with Gasteiger partial charge in [0, 0.05) is 18.6 Å².